The van der Waals surface area contributed by atoms with Gasteiger partial charge in [0.05, 0.1) is 5.56 Å². The summed E-state index contributed by atoms with van der Waals surface area (Å²) in [6, 6.07) is 7.57. The molecule has 1 unspecified atom stereocenters. The van der Waals surface area contributed by atoms with Crippen molar-refractivity contribution in [3.63, 3.8) is 0 Å². The van der Waals surface area contributed by atoms with Gasteiger partial charge in [-0.15, -0.1) is 0 Å². The summed E-state index contributed by atoms with van der Waals surface area (Å²) in [5.74, 6) is 0.293. The quantitative estimate of drug-likeness (QED) is 0.905. The van der Waals surface area contributed by atoms with E-state index < -0.39 is 5.82 Å². The van der Waals surface area contributed by atoms with Crippen molar-refractivity contribution in [3.05, 3.63) is 35.1 Å². The molecule has 0 bridgehead atoms. The van der Waals surface area contributed by atoms with E-state index in [2.05, 4.69) is 10.2 Å². The molecule has 3 rings (SSSR count). The van der Waals surface area contributed by atoms with Crippen molar-refractivity contribution >= 4 is 0 Å². The van der Waals surface area contributed by atoms with Crippen molar-refractivity contribution in [2.75, 3.05) is 19.6 Å². The third-order valence-electron chi connectivity index (χ3n) is 4.43. The average molecular weight is 287 g/mol. The van der Waals surface area contributed by atoms with E-state index in [1.807, 2.05) is 6.07 Å². The molecule has 1 N–H and O–H groups in total. The van der Waals surface area contributed by atoms with Crippen LogP contribution in [0.25, 0.3) is 0 Å². The first kappa shape index (κ1) is 14.5. The molecule has 1 atom stereocenters. The van der Waals surface area contributed by atoms with E-state index in [-0.39, 0.29) is 5.56 Å². The molecule has 1 saturated heterocycles. The molecule has 0 radical (unpaired) electrons. The maximum Gasteiger partial charge on any atom is 0.140 e. The molecule has 3 nitrogen and oxygen atoms in total. The van der Waals surface area contributed by atoms with Crippen LogP contribution in [0, 0.1) is 23.1 Å². The molecule has 21 heavy (non-hydrogen) atoms. The highest BCUT2D eigenvalue weighted by Gasteiger charge is 2.24. The lowest BCUT2D eigenvalue weighted by Gasteiger charge is -2.33. The van der Waals surface area contributed by atoms with Gasteiger partial charge in [0.1, 0.15) is 11.9 Å². The molecular weight excluding hydrogens is 265 g/mol. The van der Waals surface area contributed by atoms with Gasteiger partial charge in [0, 0.05) is 19.1 Å². The lowest BCUT2D eigenvalue weighted by atomic mass is 9.97. The lowest BCUT2D eigenvalue weighted by molar-refractivity contribution is 0.165. The number of halogens is 1. The Kier molecular flexibility index (Phi) is 4.52. The Morgan fingerprint density at radius 2 is 2.19 bits per heavy atom. The van der Waals surface area contributed by atoms with Gasteiger partial charge in [0.25, 0.3) is 0 Å². The van der Waals surface area contributed by atoms with Gasteiger partial charge in [-0.25, -0.2) is 4.39 Å². The fourth-order valence-corrected chi connectivity index (χ4v) is 3.10. The van der Waals surface area contributed by atoms with Gasteiger partial charge in [-0.1, -0.05) is 6.07 Å². The first-order chi connectivity index (χ1) is 10.2. The Morgan fingerprint density at radius 1 is 1.33 bits per heavy atom. The molecule has 1 aliphatic carbocycles. The highest BCUT2D eigenvalue weighted by molar-refractivity contribution is 5.34. The monoisotopic (exact) mass is 287 g/mol. The predicted octanol–water partition coefficient (Wildman–Crippen LogP) is 2.66. The maximum absolute atomic E-state index is 13.3. The number of benzene rings is 1. The molecule has 1 saturated carbocycles. The molecule has 1 aliphatic heterocycles. The smallest absolute Gasteiger partial charge is 0.140 e. The van der Waals surface area contributed by atoms with E-state index in [4.69, 9.17) is 5.26 Å². The van der Waals surface area contributed by atoms with Crippen molar-refractivity contribution in [1.82, 2.24) is 10.2 Å². The highest BCUT2D eigenvalue weighted by atomic mass is 19.1. The standard InChI is InChI=1S/C17H22FN3/c18-17-6-3-13(8-15(17)9-19)11-21-7-1-2-14(12-21)10-20-16-4-5-16/h3,6,8,14,16,20H,1-2,4-5,7,10-12H2. The molecule has 1 aromatic rings. The Bertz CT molecular complexity index is 533. The van der Waals surface area contributed by atoms with Crippen LogP contribution >= 0.6 is 0 Å². The number of likely N-dealkylation sites (tertiary alicyclic amines) is 1. The molecule has 2 fully saturated rings. The average Bonchev–Trinajstić information content (AvgIpc) is 3.32. The second kappa shape index (κ2) is 6.55. The van der Waals surface area contributed by atoms with E-state index in [0.717, 1.165) is 43.7 Å². The van der Waals surface area contributed by atoms with Crippen molar-refractivity contribution in [2.24, 2.45) is 5.92 Å². The SMILES string of the molecule is N#Cc1cc(CN2CCCC(CNC3CC3)C2)ccc1F. The molecular formula is C17H22FN3. The summed E-state index contributed by atoms with van der Waals surface area (Å²) in [5, 5.41) is 12.5. The Labute approximate surface area is 125 Å². The zero-order valence-corrected chi connectivity index (χ0v) is 12.3. The molecule has 0 spiro atoms. The van der Waals surface area contributed by atoms with E-state index in [1.165, 1.54) is 31.7 Å². The number of hydrogen-bond acceptors (Lipinski definition) is 3. The summed E-state index contributed by atoms with van der Waals surface area (Å²) in [4.78, 5) is 2.43. The van der Waals surface area contributed by atoms with E-state index in [1.54, 1.807) is 12.1 Å². The Hall–Kier alpha value is -1.44. The van der Waals surface area contributed by atoms with Crippen LogP contribution in [0.3, 0.4) is 0 Å². The predicted molar refractivity (Wildman–Crippen MR) is 80.1 cm³/mol. The number of nitriles is 1. The summed E-state index contributed by atoms with van der Waals surface area (Å²) in [5.41, 5.74) is 1.18. The number of hydrogen-bond donors (Lipinski definition) is 1. The highest BCUT2D eigenvalue weighted by Crippen LogP contribution is 2.22. The van der Waals surface area contributed by atoms with Crippen molar-refractivity contribution in [1.29, 1.82) is 5.26 Å². The zero-order valence-electron chi connectivity index (χ0n) is 12.3. The molecule has 112 valence electrons. The second-order valence-corrected chi connectivity index (χ2v) is 6.35. The van der Waals surface area contributed by atoms with Crippen LogP contribution in [-0.2, 0) is 6.54 Å². The van der Waals surface area contributed by atoms with Crippen molar-refractivity contribution in [2.45, 2.75) is 38.3 Å². The van der Waals surface area contributed by atoms with Crippen LogP contribution < -0.4 is 5.32 Å². The third-order valence-corrected chi connectivity index (χ3v) is 4.43. The minimum absolute atomic E-state index is 0.149. The van der Waals surface area contributed by atoms with Gasteiger partial charge in [-0.2, -0.15) is 5.26 Å². The summed E-state index contributed by atoms with van der Waals surface area (Å²) in [6.45, 7) is 4.13. The van der Waals surface area contributed by atoms with Gasteiger partial charge in [-0.05, 0) is 62.4 Å². The topological polar surface area (TPSA) is 39.1 Å². The van der Waals surface area contributed by atoms with Crippen LogP contribution in [0.1, 0.15) is 36.8 Å². The lowest BCUT2D eigenvalue weighted by Crippen LogP contribution is -2.39. The van der Waals surface area contributed by atoms with Crippen LogP contribution in [0.15, 0.2) is 18.2 Å². The number of nitrogens with one attached hydrogen (secondary N) is 1. The normalized spacial score (nSPS) is 23.0. The minimum Gasteiger partial charge on any atom is -0.314 e. The summed E-state index contributed by atoms with van der Waals surface area (Å²) in [6.07, 6.45) is 5.19. The third kappa shape index (κ3) is 4.03. The summed E-state index contributed by atoms with van der Waals surface area (Å²) < 4.78 is 13.3. The van der Waals surface area contributed by atoms with Crippen molar-refractivity contribution in [3.8, 4) is 6.07 Å². The van der Waals surface area contributed by atoms with E-state index in [0.29, 0.717) is 0 Å². The second-order valence-electron chi connectivity index (χ2n) is 6.35. The van der Waals surface area contributed by atoms with Crippen LogP contribution in [-0.4, -0.2) is 30.6 Å². The van der Waals surface area contributed by atoms with Crippen molar-refractivity contribution < 1.29 is 4.39 Å². The largest absolute Gasteiger partial charge is 0.314 e. The van der Waals surface area contributed by atoms with Crippen LogP contribution in [0.5, 0.6) is 0 Å². The molecule has 2 aliphatic rings. The first-order valence-corrected chi connectivity index (χ1v) is 7.89. The Morgan fingerprint density at radius 3 is 2.95 bits per heavy atom. The van der Waals surface area contributed by atoms with Crippen LogP contribution in [0.2, 0.25) is 0 Å². The van der Waals surface area contributed by atoms with E-state index >= 15 is 0 Å². The zero-order chi connectivity index (χ0) is 14.7. The van der Waals surface area contributed by atoms with Gasteiger partial charge >= 0.3 is 0 Å². The summed E-state index contributed by atoms with van der Waals surface area (Å²) >= 11 is 0. The van der Waals surface area contributed by atoms with Gasteiger partial charge in [-0.3, -0.25) is 4.90 Å². The number of rotatable bonds is 5. The molecule has 0 amide bonds. The first-order valence-electron chi connectivity index (χ1n) is 7.89. The summed E-state index contributed by atoms with van der Waals surface area (Å²) in [7, 11) is 0. The number of nitrogens with zero attached hydrogens (tertiary/aromatic N) is 2. The molecule has 0 aromatic heterocycles. The molecule has 1 heterocycles. The fourth-order valence-electron chi connectivity index (χ4n) is 3.10. The Balaban J connectivity index is 1.55. The van der Waals surface area contributed by atoms with Gasteiger partial charge < -0.3 is 5.32 Å². The maximum atomic E-state index is 13.3. The van der Waals surface area contributed by atoms with Gasteiger partial charge in [0.2, 0.25) is 0 Å². The molecule has 1 aromatic carbocycles. The van der Waals surface area contributed by atoms with E-state index in [9.17, 15) is 4.39 Å². The van der Waals surface area contributed by atoms with Crippen LogP contribution in [0.4, 0.5) is 4.39 Å². The number of piperidine rings is 1. The fraction of sp³-hybridized carbons (Fsp3) is 0.588. The van der Waals surface area contributed by atoms with Gasteiger partial charge in [0.15, 0.2) is 0 Å². The minimum atomic E-state index is -0.425. The molecule has 4 heteroatoms.